The predicted octanol–water partition coefficient (Wildman–Crippen LogP) is 2.44. The number of rotatable bonds is 1. The summed E-state index contributed by atoms with van der Waals surface area (Å²) in [5.41, 5.74) is -0.175. The lowest BCUT2D eigenvalue weighted by atomic mass is 9.36. The van der Waals surface area contributed by atoms with Crippen LogP contribution in [-0.4, -0.2) is 6.43 Å². The van der Waals surface area contributed by atoms with Crippen LogP contribution in [0.3, 0.4) is 0 Å². The van der Waals surface area contributed by atoms with Crippen LogP contribution in [0.2, 0.25) is 0 Å². The molecule has 9 heavy (non-hydrogen) atoms. The van der Waals surface area contributed by atoms with Crippen molar-refractivity contribution in [3.63, 3.8) is 0 Å². The van der Waals surface area contributed by atoms with Gasteiger partial charge in [0, 0.05) is 5.41 Å². The first-order chi connectivity index (χ1) is 4.06. The van der Waals surface area contributed by atoms with Gasteiger partial charge in [0.1, 0.15) is 0 Å². The summed E-state index contributed by atoms with van der Waals surface area (Å²) in [6.45, 7) is 2.09. The van der Waals surface area contributed by atoms with Gasteiger partial charge >= 0.3 is 0 Å². The van der Waals surface area contributed by atoms with E-state index in [-0.39, 0.29) is 0 Å². The van der Waals surface area contributed by atoms with E-state index in [2.05, 4.69) is 6.92 Å². The van der Waals surface area contributed by atoms with E-state index >= 15 is 0 Å². The first kappa shape index (κ1) is 5.63. The zero-order valence-electron chi connectivity index (χ0n) is 5.45. The fraction of sp³-hybridized carbons (Fsp3) is 1.00. The van der Waals surface area contributed by atoms with E-state index in [0.29, 0.717) is 5.41 Å². The molecule has 0 aliphatic heterocycles. The first-order valence-corrected chi connectivity index (χ1v) is 3.35. The van der Waals surface area contributed by atoms with Crippen LogP contribution in [0, 0.1) is 10.8 Å². The summed E-state index contributed by atoms with van der Waals surface area (Å²) in [5, 5.41) is 0. The Kier molecular flexibility index (Phi) is 0.725. The Labute approximate surface area is 53.2 Å². The SMILES string of the molecule is CC12CC(C(F)F)(C1)C2. The van der Waals surface area contributed by atoms with Gasteiger partial charge in [0.25, 0.3) is 0 Å². The normalized spacial score (nSPS) is 54.7. The fourth-order valence-corrected chi connectivity index (χ4v) is 2.63. The van der Waals surface area contributed by atoms with E-state index in [1.807, 2.05) is 0 Å². The van der Waals surface area contributed by atoms with Gasteiger partial charge in [0.2, 0.25) is 6.43 Å². The second kappa shape index (κ2) is 1.16. The molecule has 3 aliphatic rings. The molecule has 3 saturated carbocycles. The zero-order valence-corrected chi connectivity index (χ0v) is 5.45. The van der Waals surface area contributed by atoms with E-state index in [9.17, 15) is 8.78 Å². The lowest BCUT2D eigenvalue weighted by Gasteiger charge is -2.69. The van der Waals surface area contributed by atoms with Crippen LogP contribution < -0.4 is 0 Å². The minimum atomic E-state index is -2.06. The molecule has 0 atom stereocenters. The van der Waals surface area contributed by atoms with Crippen LogP contribution in [0.5, 0.6) is 0 Å². The molecule has 52 valence electrons. The maximum absolute atomic E-state index is 12.1. The highest BCUT2D eigenvalue weighted by Crippen LogP contribution is 2.75. The van der Waals surface area contributed by atoms with Crippen LogP contribution in [0.25, 0.3) is 0 Å². The molecule has 2 bridgehead atoms. The molecule has 0 N–H and O–H groups in total. The van der Waals surface area contributed by atoms with Gasteiger partial charge in [-0.3, -0.25) is 0 Å². The second-order valence-electron chi connectivity index (χ2n) is 4.00. The Balaban J connectivity index is 2.04. The first-order valence-electron chi connectivity index (χ1n) is 3.35. The van der Waals surface area contributed by atoms with Crippen LogP contribution in [0.15, 0.2) is 0 Å². The quantitative estimate of drug-likeness (QED) is 0.514. The summed E-state index contributed by atoms with van der Waals surface area (Å²) >= 11 is 0. The standard InChI is InChI=1S/C7H10F2/c1-6-2-7(3-6,4-6)5(8)9/h5H,2-4H2,1H3. The number of hydrogen-bond acceptors (Lipinski definition) is 0. The largest absolute Gasteiger partial charge is 0.244 e. The average Bonchev–Trinajstić information content (AvgIpc) is 1.54. The van der Waals surface area contributed by atoms with Gasteiger partial charge in [-0.25, -0.2) is 8.78 Å². The van der Waals surface area contributed by atoms with Gasteiger partial charge in [-0.15, -0.1) is 0 Å². The topological polar surface area (TPSA) is 0 Å². The van der Waals surface area contributed by atoms with Crippen molar-refractivity contribution in [3.8, 4) is 0 Å². The summed E-state index contributed by atoms with van der Waals surface area (Å²) in [7, 11) is 0. The number of hydrogen-bond donors (Lipinski definition) is 0. The van der Waals surface area contributed by atoms with Crippen LogP contribution in [0.4, 0.5) is 8.78 Å². The molecule has 2 heteroatoms. The molecule has 0 aromatic rings. The van der Waals surface area contributed by atoms with Crippen molar-refractivity contribution in [3.05, 3.63) is 0 Å². The maximum atomic E-state index is 12.1. The Morgan fingerprint density at radius 2 is 1.67 bits per heavy atom. The van der Waals surface area contributed by atoms with Gasteiger partial charge < -0.3 is 0 Å². The van der Waals surface area contributed by atoms with Crippen molar-refractivity contribution in [2.45, 2.75) is 32.6 Å². The fourth-order valence-electron chi connectivity index (χ4n) is 2.63. The van der Waals surface area contributed by atoms with Crippen molar-refractivity contribution < 1.29 is 8.78 Å². The van der Waals surface area contributed by atoms with Crippen LogP contribution >= 0.6 is 0 Å². The Morgan fingerprint density at radius 3 is 1.78 bits per heavy atom. The third-order valence-corrected chi connectivity index (χ3v) is 2.80. The molecule has 0 aromatic heterocycles. The van der Waals surface area contributed by atoms with Gasteiger partial charge in [-0.05, 0) is 24.7 Å². The van der Waals surface area contributed by atoms with Crippen molar-refractivity contribution in [2.75, 3.05) is 0 Å². The molecule has 0 heterocycles. The highest BCUT2D eigenvalue weighted by atomic mass is 19.3. The molecule has 0 amide bonds. The highest BCUT2D eigenvalue weighted by molar-refractivity contribution is 5.15. The molecule has 0 unspecified atom stereocenters. The van der Waals surface area contributed by atoms with E-state index in [4.69, 9.17) is 0 Å². The summed E-state index contributed by atoms with van der Waals surface area (Å²) < 4.78 is 24.1. The minimum Gasteiger partial charge on any atom is -0.210 e. The summed E-state index contributed by atoms with van der Waals surface area (Å²) in [4.78, 5) is 0. The summed E-state index contributed by atoms with van der Waals surface area (Å²) in [5.74, 6) is 0. The predicted molar refractivity (Wildman–Crippen MR) is 30.4 cm³/mol. The third kappa shape index (κ3) is 0.474. The molecule has 0 saturated heterocycles. The van der Waals surface area contributed by atoms with Gasteiger partial charge in [-0.1, -0.05) is 6.92 Å². The number of halogens is 2. The Morgan fingerprint density at radius 1 is 1.22 bits per heavy atom. The molecule has 0 nitrogen and oxygen atoms in total. The van der Waals surface area contributed by atoms with Gasteiger partial charge in [-0.2, -0.15) is 0 Å². The lowest BCUT2D eigenvalue weighted by Crippen LogP contribution is -2.63. The maximum Gasteiger partial charge on any atom is 0.244 e. The van der Waals surface area contributed by atoms with Crippen LogP contribution in [0.1, 0.15) is 26.2 Å². The number of alkyl halides is 2. The molecular weight excluding hydrogens is 122 g/mol. The second-order valence-corrected chi connectivity index (χ2v) is 4.00. The van der Waals surface area contributed by atoms with E-state index in [0.717, 1.165) is 19.3 Å². The van der Waals surface area contributed by atoms with E-state index in [1.165, 1.54) is 0 Å². The average molecular weight is 132 g/mol. The summed E-state index contributed by atoms with van der Waals surface area (Å²) in [6.07, 6.45) is 0.270. The summed E-state index contributed by atoms with van der Waals surface area (Å²) in [6, 6.07) is 0. The smallest absolute Gasteiger partial charge is 0.210 e. The molecular formula is C7H10F2. The molecule has 3 fully saturated rings. The molecule has 0 aromatic carbocycles. The molecule has 3 aliphatic carbocycles. The molecule has 3 rings (SSSR count). The zero-order chi connectivity index (χ0) is 6.70. The Hall–Kier alpha value is -0.140. The van der Waals surface area contributed by atoms with Crippen molar-refractivity contribution >= 4 is 0 Å². The van der Waals surface area contributed by atoms with Crippen molar-refractivity contribution in [1.82, 2.24) is 0 Å². The molecule has 0 radical (unpaired) electrons. The molecule has 0 spiro atoms. The Bertz CT molecular complexity index is 131. The minimum absolute atomic E-state index is 0.330. The van der Waals surface area contributed by atoms with E-state index < -0.39 is 11.8 Å². The van der Waals surface area contributed by atoms with Crippen molar-refractivity contribution in [2.24, 2.45) is 10.8 Å². The monoisotopic (exact) mass is 132 g/mol. The highest BCUT2D eigenvalue weighted by Gasteiger charge is 2.69. The van der Waals surface area contributed by atoms with Crippen LogP contribution in [-0.2, 0) is 0 Å². The lowest BCUT2D eigenvalue weighted by molar-refractivity contribution is -0.257. The van der Waals surface area contributed by atoms with Gasteiger partial charge in [0.05, 0.1) is 0 Å². The van der Waals surface area contributed by atoms with E-state index in [1.54, 1.807) is 0 Å². The third-order valence-electron chi connectivity index (χ3n) is 2.80. The van der Waals surface area contributed by atoms with Gasteiger partial charge in [0.15, 0.2) is 0 Å². The van der Waals surface area contributed by atoms with Crippen molar-refractivity contribution in [1.29, 1.82) is 0 Å².